The number of esters is 1. The van der Waals surface area contributed by atoms with Crippen LogP contribution in [-0.4, -0.2) is 89.6 Å². The minimum absolute atomic E-state index is 0.0782. The Morgan fingerprint density at radius 1 is 0.552 bits per heavy atom. The minimum Gasteiger partial charge on any atom is -0.457 e. The molecule has 9 heteroatoms. The minimum atomic E-state index is -1.56. The zero-order valence-electron chi connectivity index (χ0n) is 35.5. The van der Waals surface area contributed by atoms with Gasteiger partial charge in [0.05, 0.1) is 19.8 Å². The standard InChI is InChI=1S/C49H76O9/c1-3-5-7-9-11-13-15-17-19-20-21-22-23-25-27-29-31-33-35-37-39-55-41-43(42-56-49-48(54)47(53)46(52)44(40-50)58-49)57-45(51)38-36-34-32-30-28-26-24-18-16-14-12-10-8-6-4-2/h5-8,11-14,17-19,21-22,24-25,27-28,30-31,33,43-44,46-50,52-54H,3-4,9-10,15-16,20,23,26,29,32,34-42H2,1-2H3/b7-5-,8-6-,13-11-,14-12-,19-17-,22-21-,24-18-,27-25-,30-28-,33-31-. The molecule has 1 fully saturated rings. The Morgan fingerprint density at radius 3 is 1.43 bits per heavy atom. The van der Waals surface area contributed by atoms with Crippen LogP contribution in [0.4, 0.5) is 0 Å². The van der Waals surface area contributed by atoms with Gasteiger partial charge in [-0.25, -0.2) is 0 Å². The molecular formula is C49H76O9. The molecule has 0 aromatic rings. The molecular weight excluding hydrogens is 733 g/mol. The Hall–Kier alpha value is -3.41. The number of rotatable bonds is 34. The molecule has 0 amide bonds. The van der Waals surface area contributed by atoms with Gasteiger partial charge in [0.15, 0.2) is 6.29 Å². The number of aliphatic hydroxyl groups excluding tert-OH is 4. The highest BCUT2D eigenvalue weighted by Gasteiger charge is 2.44. The SMILES string of the molecule is CC/C=C\C/C=C\C/C=C\C/C=C\C/C=C\C/C=C\CCCOCC(COC1OC(CO)C(O)C(O)C1O)OC(=O)CCCC/C=C\C/C=C\C/C=C\C/C=C\CC. The maximum atomic E-state index is 12.7. The van der Waals surface area contributed by atoms with Crippen LogP contribution in [0.1, 0.15) is 117 Å². The lowest BCUT2D eigenvalue weighted by Gasteiger charge is -2.39. The van der Waals surface area contributed by atoms with Gasteiger partial charge >= 0.3 is 5.97 Å². The van der Waals surface area contributed by atoms with E-state index in [2.05, 4.69) is 135 Å². The summed E-state index contributed by atoms with van der Waals surface area (Å²) < 4.78 is 22.6. The molecule has 6 atom stereocenters. The monoisotopic (exact) mass is 809 g/mol. The molecule has 0 aliphatic carbocycles. The fourth-order valence-corrected chi connectivity index (χ4v) is 5.55. The third-order valence-electron chi connectivity index (χ3n) is 8.87. The molecule has 1 saturated heterocycles. The predicted molar refractivity (Wildman–Crippen MR) is 237 cm³/mol. The molecule has 0 radical (unpaired) electrons. The van der Waals surface area contributed by atoms with Crippen LogP contribution in [-0.2, 0) is 23.7 Å². The van der Waals surface area contributed by atoms with Crippen molar-refractivity contribution in [2.24, 2.45) is 0 Å². The van der Waals surface area contributed by atoms with Crippen molar-refractivity contribution >= 4 is 5.97 Å². The van der Waals surface area contributed by atoms with Crippen molar-refractivity contribution in [2.75, 3.05) is 26.4 Å². The number of aliphatic hydroxyl groups is 4. The number of hydrogen-bond acceptors (Lipinski definition) is 9. The fourth-order valence-electron chi connectivity index (χ4n) is 5.55. The highest BCUT2D eigenvalue weighted by atomic mass is 16.7. The summed E-state index contributed by atoms with van der Waals surface area (Å²) in [7, 11) is 0. The van der Waals surface area contributed by atoms with Gasteiger partial charge in [-0.05, 0) is 96.3 Å². The summed E-state index contributed by atoms with van der Waals surface area (Å²) in [6, 6.07) is 0. The van der Waals surface area contributed by atoms with Gasteiger partial charge in [-0.3, -0.25) is 4.79 Å². The number of carbonyl (C=O) groups is 1. The Morgan fingerprint density at radius 2 is 0.983 bits per heavy atom. The van der Waals surface area contributed by atoms with Crippen molar-refractivity contribution in [3.63, 3.8) is 0 Å². The van der Waals surface area contributed by atoms with Crippen molar-refractivity contribution < 1.29 is 44.2 Å². The summed E-state index contributed by atoms with van der Waals surface area (Å²) in [6.07, 6.45) is 49.5. The predicted octanol–water partition coefficient (Wildman–Crippen LogP) is 9.57. The molecule has 326 valence electrons. The summed E-state index contributed by atoms with van der Waals surface area (Å²) in [5.74, 6) is -0.380. The third kappa shape index (κ3) is 29.8. The first-order chi connectivity index (χ1) is 28.4. The van der Waals surface area contributed by atoms with E-state index in [4.69, 9.17) is 18.9 Å². The second-order valence-electron chi connectivity index (χ2n) is 14.0. The molecule has 1 aliphatic heterocycles. The smallest absolute Gasteiger partial charge is 0.306 e. The van der Waals surface area contributed by atoms with Gasteiger partial charge in [0.1, 0.15) is 30.5 Å². The van der Waals surface area contributed by atoms with E-state index in [0.29, 0.717) is 13.0 Å². The first-order valence-corrected chi connectivity index (χ1v) is 21.6. The van der Waals surface area contributed by atoms with E-state index in [1.54, 1.807) is 0 Å². The summed E-state index contributed by atoms with van der Waals surface area (Å²) >= 11 is 0. The van der Waals surface area contributed by atoms with E-state index >= 15 is 0 Å². The molecule has 58 heavy (non-hydrogen) atoms. The number of hydrogen-bond donors (Lipinski definition) is 4. The van der Waals surface area contributed by atoms with Crippen molar-refractivity contribution in [2.45, 2.75) is 153 Å². The van der Waals surface area contributed by atoms with Crippen molar-refractivity contribution in [1.82, 2.24) is 0 Å². The van der Waals surface area contributed by atoms with E-state index in [0.717, 1.165) is 89.9 Å². The van der Waals surface area contributed by atoms with E-state index in [-0.39, 0.29) is 25.6 Å². The quantitative estimate of drug-likeness (QED) is 0.0285. The summed E-state index contributed by atoms with van der Waals surface area (Å²) in [6.45, 7) is 4.08. The average Bonchev–Trinajstić information content (AvgIpc) is 3.22. The van der Waals surface area contributed by atoms with Crippen molar-refractivity contribution in [1.29, 1.82) is 0 Å². The molecule has 0 bridgehead atoms. The fraction of sp³-hybridized carbons (Fsp3) is 0.571. The largest absolute Gasteiger partial charge is 0.457 e. The molecule has 1 heterocycles. The van der Waals surface area contributed by atoms with Gasteiger partial charge in [-0.2, -0.15) is 0 Å². The van der Waals surface area contributed by atoms with Gasteiger partial charge < -0.3 is 39.4 Å². The van der Waals surface area contributed by atoms with Crippen LogP contribution < -0.4 is 0 Å². The van der Waals surface area contributed by atoms with Crippen LogP contribution in [0.2, 0.25) is 0 Å². The first kappa shape index (κ1) is 52.6. The zero-order valence-corrected chi connectivity index (χ0v) is 35.5. The lowest BCUT2D eigenvalue weighted by molar-refractivity contribution is -0.305. The van der Waals surface area contributed by atoms with Gasteiger partial charge in [-0.15, -0.1) is 0 Å². The van der Waals surface area contributed by atoms with Crippen LogP contribution in [0.25, 0.3) is 0 Å². The Balaban J connectivity index is 2.38. The van der Waals surface area contributed by atoms with Crippen LogP contribution in [0.15, 0.2) is 122 Å². The van der Waals surface area contributed by atoms with E-state index in [1.165, 1.54) is 0 Å². The summed E-state index contributed by atoms with van der Waals surface area (Å²) in [4.78, 5) is 12.7. The zero-order chi connectivity index (χ0) is 42.2. The van der Waals surface area contributed by atoms with Crippen molar-refractivity contribution in [3.8, 4) is 0 Å². The molecule has 6 unspecified atom stereocenters. The average molecular weight is 809 g/mol. The number of allylic oxidation sites excluding steroid dienone is 20. The molecule has 9 nitrogen and oxygen atoms in total. The molecule has 0 aromatic carbocycles. The molecule has 0 aromatic heterocycles. The Kier molecular flexibility index (Phi) is 35.4. The first-order valence-electron chi connectivity index (χ1n) is 21.6. The van der Waals surface area contributed by atoms with Gasteiger partial charge in [-0.1, -0.05) is 135 Å². The van der Waals surface area contributed by atoms with Crippen molar-refractivity contribution in [3.05, 3.63) is 122 Å². The number of ether oxygens (including phenoxy) is 4. The lowest BCUT2D eigenvalue weighted by Crippen LogP contribution is -2.59. The molecule has 4 N–H and O–H groups in total. The highest BCUT2D eigenvalue weighted by molar-refractivity contribution is 5.69. The molecule has 1 aliphatic rings. The topological polar surface area (TPSA) is 135 Å². The van der Waals surface area contributed by atoms with Crippen LogP contribution in [0.5, 0.6) is 0 Å². The van der Waals surface area contributed by atoms with Gasteiger partial charge in [0.2, 0.25) is 0 Å². The highest BCUT2D eigenvalue weighted by Crippen LogP contribution is 2.22. The Bertz CT molecular complexity index is 1290. The van der Waals surface area contributed by atoms with E-state index in [1.807, 2.05) is 0 Å². The summed E-state index contributed by atoms with van der Waals surface area (Å²) in [5, 5.41) is 40.1. The van der Waals surface area contributed by atoms with E-state index < -0.39 is 43.4 Å². The van der Waals surface area contributed by atoms with E-state index in [9.17, 15) is 25.2 Å². The molecule has 1 rings (SSSR count). The maximum Gasteiger partial charge on any atom is 0.306 e. The second kappa shape index (κ2) is 39.1. The number of unbranched alkanes of at least 4 members (excludes halogenated alkanes) is 3. The van der Waals surface area contributed by atoms with Crippen LogP contribution in [0.3, 0.4) is 0 Å². The summed E-state index contributed by atoms with van der Waals surface area (Å²) in [5.41, 5.74) is 0. The van der Waals surface area contributed by atoms with Gasteiger partial charge in [0, 0.05) is 13.0 Å². The third-order valence-corrected chi connectivity index (χ3v) is 8.87. The Labute approximate surface area is 350 Å². The van der Waals surface area contributed by atoms with Gasteiger partial charge in [0.25, 0.3) is 0 Å². The van der Waals surface area contributed by atoms with Crippen LogP contribution in [0, 0.1) is 0 Å². The maximum absolute atomic E-state index is 12.7. The number of carbonyl (C=O) groups excluding carboxylic acids is 1. The normalized spacial score (nSPS) is 21.5. The van der Waals surface area contributed by atoms with Crippen LogP contribution >= 0.6 is 0 Å². The second-order valence-corrected chi connectivity index (χ2v) is 14.0. The molecule has 0 spiro atoms. The molecule has 0 saturated carbocycles. The lowest BCUT2D eigenvalue weighted by atomic mass is 9.99.